The summed E-state index contributed by atoms with van der Waals surface area (Å²) in [5.41, 5.74) is 1.29. The largest absolute Gasteiger partial charge is 1.00 e. The Morgan fingerprint density at radius 1 is 1.16 bits per heavy atom. The van der Waals surface area contributed by atoms with Gasteiger partial charge < -0.3 is 27.2 Å². The number of piperidine rings is 1. The fourth-order valence-corrected chi connectivity index (χ4v) is 2.93. The Hall–Kier alpha value is -0.610. The highest BCUT2D eigenvalue weighted by Crippen LogP contribution is 2.20. The van der Waals surface area contributed by atoms with Crippen LogP contribution in [0.5, 0.6) is 0 Å². The van der Waals surface area contributed by atoms with Crippen LogP contribution in [0.15, 0.2) is 30.3 Å². The zero-order valence-corrected chi connectivity index (χ0v) is 11.9. The van der Waals surface area contributed by atoms with Crippen LogP contribution in [0.1, 0.15) is 24.8 Å². The van der Waals surface area contributed by atoms with Gasteiger partial charge in [-0.3, -0.25) is 0 Å². The zero-order valence-electron chi connectivity index (χ0n) is 11.1. The van der Waals surface area contributed by atoms with Gasteiger partial charge in [0.05, 0.1) is 13.2 Å². The van der Waals surface area contributed by atoms with Crippen LogP contribution in [0, 0.1) is 0 Å². The van der Waals surface area contributed by atoms with Crippen LogP contribution in [-0.2, 0) is 15.9 Å². The second-order valence-electron chi connectivity index (χ2n) is 5.31. The maximum Gasteiger partial charge on any atom is 0.162 e. The van der Waals surface area contributed by atoms with E-state index < -0.39 is 0 Å². The molecule has 3 unspecified atom stereocenters. The van der Waals surface area contributed by atoms with Crippen molar-refractivity contribution in [3.8, 4) is 0 Å². The third kappa shape index (κ3) is 3.93. The van der Waals surface area contributed by atoms with E-state index in [0.717, 1.165) is 13.0 Å². The van der Waals surface area contributed by atoms with E-state index >= 15 is 0 Å². The van der Waals surface area contributed by atoms with Gasteiger partial charge in [-0.05, 0) is 18.4 Å². The van der Waals surface area contributed by atoms with E-state index in [1.165, 1.54) is 31.4 Å². The minimum absolute atomic E-state index is 0. The molecule has 0 bridgehead atoms. The molecule has 0 amide bonds. The first-order chi connectivity index (χ1) is 8.92. The van der Waals surface area contributed by atoms with Crippen molar-refractivity contribution in [1.29, 1.82) is 0 Å². The molecule has 4 heteroatoms. The van der Waals surface area contributed by atoms with Gasteiger partial charge in [0.2, 0.25) is 0 Å². The second kappa shape index (κ2) is 7.25. The summed E-state index contributed by atoms with van der Waals surface area (Å²) in [4.78, 5) is 0. The van der Waals surface area contributed by atoms with E-state index in [1.54, 1.807) is 0 Å². The quantitative estimate of drug-likeness (QED) is 0.703. The Kier molecular flexibility index (Phi) is 5.64. The lowest BCUT2D eigenvalue weighted by Gasteiger charge is -2.24. The van der Waals surface area contributed by atoms with Crippen molar-refractivity contribution in [1.82, 2.24) is 0 Å². The molecule has 2 saturated heterocycles. The maximum absolute atomic E-state index is 6.05. The number of quaternary nitrogens is 1. The molecule has 0 spiro atoms. The summed E-state index contributed by atoms with van der Waals surface area (Å²) in [6.45, 7) is 2.01. The number of hydrogen-bond donors (Lipinski definition) is 1. The molecule has 2 N–H and O–H groups in total. The molecule has 2 heterocycles. The molecule has 2 aliphatic rings. The SMILES string of the molecule is [Cl-].c1ccc(CC2OCC(C3CCCC[NH2+]3)O2)cc1. The number of halogens is 1. The third-order valence-corrected chi connectivity index (χ3v) is 3.96. The average Bonchev–Trinajstić information content (AvgIpc) is 2.89. The van der Waals surface area contributed by atoms with E-state index in [0.29, 0.717) is 12.1 Å². The zero-order chi connectivity index (χ0) is 12.2. The molecule has 19 heavy (non-hydrogen) atoms. The molecule has 0 saturated carbocycles. The molecule has 1 aromatic carbocycles. The van der Waals surface area contributed by atoms with E-state index in [2.05, 4.69) is 29.6 Å². The van der Waals surface area contributed by atoms with Crippen molar-refractivity contribution in [2.45, 2.75) is 44.1 Å². The molecule has 3 atom stereocenters. The van der Waals surface area contributed by atoms with Crippen LogP contribution in [-0.4, -0.2) is 31.6 Å². The highest BCUT2D eigenvalue weighted by molar-refractivity contribution is 5.15. The molecule has 3 rings (SSSR count). The van der Waals surface area contributed by atoms with Gasteiger partial charge in [0.1, 0.15) is 12.1 Å². The number of rotatable bonds is 3. The fourth-order valence-electron chi connectivity index (χ4n) is 2.93. The van der Waals surface area contributed by atoms with Crippen LogP contribution < -0.4 is 17.7 Å². The van der Waals surface area contributed by atoms with Crippen molar-refractivity contribution >= 4 is 0 Å². The Bertz CT molecular complexity index is 368. The highest BCUT2D eigenvalue weighted by Gasteiger charge is 2.35. The van der Waals surface area contributed by atoms with Crippen molar-refractivity contribution in [2.24, 2.45) is 0 Å². The molecular weight excluding hydrogens is 262 g/mol. The van der Waals surface area contributed by atoms with Gasteiger partial charge >= 0.3 is 0 Å². The van der Waals surface area contributed by atoms with Gasteiger partial charge in [0.15, 0.2) is 6.29 Å². The van der Waals surface area contributed by atoms with Gasteiger partial charge in [-0.2, -0.15) is 0 Å². The summed E-state index contributed by atoms with van der Waals surface area (Å²) in [6, 6.07) is 11.0. The highest BCUT2D eigenvalue weighted by atomic mass is 35.5. The average molecular weight is 284 g/mol. The summed E-state index contributed by atoms with van der Waals surface area (Å²) < 4.78 is 11.8. The summed E-state index contributed by atoms with van der Waals surface area (Å²) in [5.74, 6) is 0. The predicted octanol–water partition coefficient (Wildman–Crippen LogP) is -1.91. The van der Waals surface area contributed by atoms with Crippen molar-refractivity contribution in [3.63, 3.8) is 0 Å². The molecule has 0 aliphatic carbocycles. The lowest BCUT2D eigenvalue weighted by Crippen LogP contribution is -3.00. The Morgan fingerprint density at radius 3 is 2.74 bits per heavy atom. The molecule has 0 radical (unpaired) electrons. The Balaban J connectivity index is 0.00000133. The Labute approximate surface area is 121 Å². The summed E-state index contributed by atoms with van der Waals surface area (Å²) in [5, 5.41) is 2.43. The number of ether oxygens (including phenoxy) is 2. The summed E-state index contributed by atoms with van der Waals surface area (Å²) >= 11 is 0. The first kappa shape index (κ1) is 14.8. The van der Waals surface area contributed by atoms with Crippen LogP contribution in [0.4, 0.5) is 0 Å². The minimum Gasteiger partial charge on any atom is -1.00 e. The maximum atomic E-state index is 6.05. The number of hydrogen-bond acceptors (Lipinski definition) is 2. The van der Waals surface area contributed by atoms with Gasteiger partial charge in [0, 0.05) is 12.8 Å². The van der Waals surface area contributed by atoms with Crippen molar-refractivity contribution < 1.29 is 27.2 Å². The van der Waals surface area contributed by atoms with E-state index in [-0.39, 0.29) is 18.7 Å². The predicted molar refractivity (Wildman–Crippen MR) is 69.2 cm³/mol. The van der Waals surface area contributed by atoms with E-state index in [1.807, 2.05) is 6.07 Å². The molecule has 0 aromatic heterocycles. The van der Waals surface area contributed by atoms with Crippen molar-refractivity contribution in [3.05, 3.63) is 35.9 Å². The van der Waals surface area contributed by atoms with E-state index in [4.69, 9.17) is 9.47 Å². The van der Waals surface area contributed by atoms with Gasteiger partial charge in [-0.1, -0.05) is 30.3 Å². The topological polar surface area (TPSA) is 35.1 Å². The normalized spacial score (nSPS) is 30.8. The lowest BCUT2D eigenvalue weighted by atomic mass is 10.0. The first-order valence-corrected chi connectivity index (χ1v) is 7.06. The monoisotopic (exact) mass is 283 g/mol. The standard InChI is InChI=1S/C15H21NO2.ClH/c1-2-6-12(7-3-1)10-15-17-11-14(18-15)13-8-4-5-9-16-13;/h1-3,6-7,13-16H,4-5,8-11H2;1H. The van der Waals surface area contributed by atoms with Crippen LogP contribution >= 0.6 is 0 Å². The smallest absolute Gasteiger partial charge is 0.162 e. The van der Waals surface area contributed by atoms with Crippen LogP contribution in [0.25, 0.3) is 0 Å². The minimum atomic E-state index is -0.0484. The molecule has 2 aliphatic heterocycles. The summed E-state index contributed by atoms with van der Waals surface area (Å²) in [6.07, 6.45) is 5.06. The molecule has 2 fully saturated rings. The second-order valence-corrected chi connectivity index (χ2v) is 5.31. The number of benzene rings is 1. The van der Waals surface area contributed by atoms with Crippen LogP contribution in [0.2, 0.25) is 0 Å². The number of nitrogens with two attached hydrogens (primary N) is 1. The third-order valence-electron chi connectivity index (χ3n) is 3.96. The molecule has 3 nitrogen and oxygen atoms in total. The lowest BCUT2D eigenvalue weighted by molar-refractivity contribution is -0.704. The molecule has 106 valence electrons. The van der Waals surface area contributed by atoms with Gasteiger partial charge in [-0.15, -0.1) is 0 Å². The van der Waals surface area contributed by atoms with Crippen molar-refractivity contribution in [2.75, 3.05) is 13.2 Å². The fraction of sp³-hybridized carbons (Fsp3) is 0.600. The Morgan fingerprint density at radius 2 is 2.00 bits per heavy atom. The molecule has 1 aromatic rings. The van der Waals surface area contributed by atoms with Gasteiger partial charge in [-0.25, -0.2) is 0 Å². The summed E-state index contributed by atoms with van der Waals surface area (Å²) in [7, 11) is 0. The molecular formula is C15H22ClNO2. The van der Waals surface area contributed by atoms with Gasteiger partial charge in [0.25, 0.3) is 0 Å². The first-order valence-electron chi connectivity index (χ1n) is 7.06. The van der Waals surface area contributed by atoms with Crippen LogP contribution in [0.3, 0.4) is 0 Å². The van der Waals surface area contributed by atoms with E-state index in [9.17, 15) is 0 Å².